The number of fused-ring (bicyclic) bond motifs is 1. The summed E-state index contributed by atoms with van der Waals surface area (Å²) in [5.41, 5.74) is 1.68. The zero-order chi connectivity index (χ0) is 16.6. The Morgan fingerprint density at radius 2 is 1.96 bits per heavy atom. The second kappa shape index (κ2) is 6.47. The van der Waals surface area contributed by atoms with Crippen LogP contribution in [-0.2, 0) is 0 Å². The van der Waals surface area contributed by atoms with E-state index >= 15 is 0 Å². The van der Waals surface area contributed by atoms with Crippen molar-refractivity contribution in [3.63, 3.8) is 0 Å². The number of hydrogen-bond acceptors (Lipinski definition) is 3. The maximum atomic E-state index is 13.3. The number of benzene rings is 1. The van der Waals surface area contributed by atoms with Gasteiger partial charge in [-0.15, -0.1) is 0 Å². The molecule has 0 unspecified atom stereocenters. The first-order valence-electron chi connectivity index (χ1n) is 9.05. The number of rotatable bonds is 3. The molecule has 2 aromatic rings. The fraction of sp³-hybridized carbons (Fsp3) is 0.579. The molecule has 4 nitrogen and oxygen atoms in total. The first kappa shape index (κ1) is 16.1. The highest BCUT2D eigenvalue weighted by molar-refractivity contribution is 5.83. The van der Waals surface area contributed by atoms with Gasteiger partial charge in [0.1, 0.15) is 5.82 Å². The van der Waals surface area contributed by atoms with E-state index in [2.05, 4.69) is 15.2 Å². The van der Waals surface area contributed by atoms with Crippen LogP contribution < -0.4 is 5.32 Å². The molecule has 0 saturated carbocycles. The van der Waals surface area contributed by atoms with Crippen LogP contribution in [0.1, 0.15) is 37.2 Å². The number of nitrogens with zero attached hydrogens (tertiary/aromatic N) is 1. The van der Waals surface area contributed by atoms with E-state index in [1.165, 1.54) is 5.56 Å². The molecule has 1 aromatic carbocycles. The minimum absolute atomic E-state index is 0.194. The summed E-state index contributed by atoms with van der Waals surface area (Å²) in [5, 5.41) is 15.2. The largest absolute Gasteiger partial charge is 0.388 e. The molecule has 0 amide bonds. The van der Waals surface area contributed by atoms with Gasteiger partial charge in [-0.1, -0.05) is 0 Å². The Bertz CT molecular complexity index is 700. The van der Waals surface area contributed by atoms with Gasteiger partial charge in [-0.2, -0.15) is 0 Å². The molecule has 2 saturated heterocycles. The number of aliphatic hydroxyl groups is 1. The van der Waals surface area contributed by atoms with Crippen molar-refractivity contribution in [1.82, 2.24) is 15.2 Å². The van der Waals surface area contributed by atoms with Gasteiger partial charge in [0.05, 0.1) is 5.60 Å². The first-order chi connectivity index (χ1) is 11.6. The van der Waals surface area contributed by atoms with Gasteiger partial charge >= 0.3 is 0 Å². The Labute approximate surface area is 142 Å². The molecule has 2 aliphatic heterocycles. The number of likely N-dealkylation sites (tertiary alicyclic amines) is 1. The lowest BCUT2D eigenvalue weighted by molar-refractivity contribution is -0.0256. The van der Waals surface area contributed by atoms with E-state index in [9.17, 15) is 9.50 Å². The summed E-state index contributed by atoms with van der Waals surface area (Å²) >= 11 is 0. The second-order valence-corrected chi connectivity index (χ2v) is 7.46. The van der Waals surface area contributed by atoms with Crippen LogP contribution in [0.4, 0.5) is 4.39 Å². The lowest BCUT2D eigenvalue weighted by atomic mass is 9.87. The summed E-state index contributed by atoms with van der Waals surface area (Å²) in [5.74, 6) is 0.323. The third kappa shape index (κ3) is 3.21. The van der Waals surface area contributed by atoms with E-state index in [0.717, 1.165) is 69.3 Å². The summed E-state index contributed by atoms with van der Waals surface area (Å²) in [6, 6.07) is 5.00. The minimum Gasteiger partial charge on any atom is -0.388 e. The van der Waals surface area contributed by atoms with Crippen LogP contribution in [0.5, 0.6) is 0 Å². The number of aromatic amines is 1. The van der Waals surface area contributed by atoms with Gasteiger partial charge in [0.25, 0.3) is 0 Å². The van der Waals surface area contributed by atoms with Crippen molar-refractivity contribution in [2.75, 3.05) is 32.7 Å². The van der Waals surface area contributed by atoms with Gasteiger partial charge in [0.15, 0.2) is 0 Å². The SMILES string of the molecule is OC1(CN2CCC(c3c[nH]c4cc(F)ccc34)CC2)CCNCC1. The molecule has 0 spiro atoms. The van der Waals surface area contributed by atoms with Gasteiger partial charge in [-0.25, -0.2) is 4.39 Å². The van der Waals surface area contributed by atoms with Crippen molar-refractivity contribution in [3.8, 4) is 0 Å². The molecular weight excluding hydrogens is 305 g/mol. The number of nitrogens with one attached hydrogen (secondary N) is 2. The molecule has 0 radical (unpaired) electrons. The van der Waals surface area contributed by atoms with Crippen LogP contribution in [-0.4, -0.2) is 53.3 Å². The summed E-state index contributed by atoms with van der Waals surface area (Å²) < 4.78 is 13.3. The van der Waals surface area contributed by atoms with Gasteiger partial charge in [0, 0.05) is 23.6 Å². The minimum atomic E-state index is -0.517. The van der Waals surface area contributed by atoms with Crippen LogP contribution >= 0.6 is 0 Å². The zero-order valence-electron chi connectivity index (χ0n) is 14.0. The topological polar surface area (TPSA) is 51.3 Å². The number of H-pyrrole nitrogens is 1. The molecule has 4 rings (SSSR count). The van der Waals surface area contributed by atoms with Crippen LogP contribution in [0.3, 0.4) is 0 Å². The maximum Gasteiger partial charge on any atom is 0.125 e. The van der Waals surface area contributed by atoms with Gasteiger partial charge < -0.3 is 20.3 Å². The fourth-order valence-corrected chi connectivity index (χ4v) is 4.33. The predicted octanol–water partition coefficient (Wildman–Crippen LogP) is 2.60. The number of piperidine rings is 2. The highest BCUT2D eigenvalue weighted by atomic mass is 19.1. The third-order valence-electron chi connectivity index (χ3n) is 5.76. The van der Waals surface area contributed by atoms with Crippen molar-refractivity contribution in [3.05, 3.63) is 35.8 Å². The standard InChI is InChI=1S/C19H26FN3O/c20-15-1-2-16-17(12-22-18(16)11-15)14-3-9-23(10-4-14)13-19(24)5-7-21-8-6-19/h1-2,11-12,14,21-22,24H,3-10,13H2. The van der Waals surface area contributed by atoms with Crippen LogP contribution in [0.25, 0.3) is 10.9 Å². The molecule has 24 heavy (non-hydrogen) atoms. The highest BCUT2D eigenvalue weighted by Gasteiger charge is 2.33. The van der Waals surface area contributed by atoms with Crippen molar-refractivity contribution in [2.45, 2.75) is 37.2 Å². The van der Waals surface area contributed by atoms with E-state index < -0.39 is 5.60 Å². The highest BCUT2D eigenvalue weighted by Crippen LogP contribution is 2.34. The monoisotopic (exact) mass is 331 g/mol. The lowest BCUT2D eigenvalue weighted by Crippen LogP contribution is -2.51. The average Bonchev–Trinajstić information content (AvgIpc) is 2.99. The molecule has 2 aliphatic rings. The van der Waals surface area contributed by atoms with Crippen molar-refractivity contribution in [2.24, 2.45) is 0 Å². The molecule has 3 heterocycles. The second-order valence-electron chi connectivity index (χ2n) is 7.46. The maximum absolute atomic E-state index is 13.3. The fourth-order valence-electron chi connectivity index (χ4n) is 4.33. The zero-order valence-corrected chi connectivity index (χ0v) is 14.0. The van der Waals surface area contributed by atoms with E-state index in [0.29, 0.717) is 5.92 Å². The Hall–Kier alpha value is -1.43. The van der Waals surface area contributed by atoms with Crippen LogP contribution in [0.2, 0.25) is 0 Å². The summed E-state index contributed by atoms with van der Waals surface area (Å²) in [7, 11) is 0. The van der Waals surface area contributed by atoms with E-state index in [-0.39, 0.29) is 5.82 Å². The number of β-amino-alcohol motifs (C(OH)–C–C–N with tert-alkyl or cyclic N) is 1. The normalized spacial score (nSPS) is 22.9. The third-order valence-corrected chi connectivity index (χ3v) is 5.76. The Morgan fingerprint density at radius 1 is 1.21 bits per heavy atom. The number of aromatic nitrogens is 1. The molecule has 2 fully saturated rings. The number of hydrogen-bond donors (Lipinski definition) is 3. The Balaban J connectivity index is 1.40. The van der Waals surface area contributed by atoms with Crippen LogP contribution in [0.15, 0.2) is 24.4 Å². The van der Waals surface area contributed by atoms with Gasteiger partial charge in [-0.3, -0.25) is 0 Å². The van der Waals surface area contributed by atoms with E-state index in [1.807, 2.05) is 12.3 Å². The van der Waals surface area contributed by atoms with Crippen molar-refractivity contribution >= 4 is 10.9 Å². The average molecular weight is 331 g/mol. The predicted molar refractivity (Wildman–Crippen MR) is 93.7 cm³/mol. The smallest absolute Gasteiger partial charge is 0.125 e. The molecule has 1 aromatic heterocycles. The molecule has 0 bridgehead atoms. The molecule has 3 N–H and O–H groups in total. The number of halogens is 1. The Kier molecular flexibility index (Phi) is 4.33. The summed E-state index contributed by atoms with van der Waals surface area (Å²) in [6.45, 7) is 4.67. The first-order valence-corrected chi connectivity index (χ1v) is 9.05. The molecule has 0 aliphatic carbocycles. The van der Waals surface area contributed by atoms with E-state index in [4.69, 9.17) is 0 Å². The summed E-state index contributed by atoms with van der Waals surface area (Å²) in [6.07, 6.45) is 5.93. The van der Waals surface area contributed by atoms with Gasteiger partial charge in [-0.05, 0) is 81.5 Å². The van der Waals surface area contributed by atoms with Crippen molar-refractivity contribution in [1.29, 1.82) is 0 Å². The molecule has 130 valence electrons. The molecular formula is C19H26FN3O. The van der Waals surface area contributed by atoms with E-state index in [1.54, 1.807) is 12.1 Å². The quantitative estimate of drug-likeness (QED) is 0.810. The summed E-state index contributed by atoms with van der Waals surface area (Å²) in [4.78, 5) is 5.62. The molecule has 5 heteroatoms. The van der Waals surface area contributed by atoms with Crippen molar-refractivity contribution < 1.29 is 9.50 Å². The Morgan fingerprint density at radius 3 is 2.71 bits per heavy atom. The lowest BCUT2D eigenvalue weighted by Gasteiger charge is -2.40. The molecule has 0 atom stereocenters. The van der Waals surface area contributed by atoms with Crippen LogP contribution in [0, 0.1) is 5.82 Å². The van der Waals surface area contributed by atoms with Gasteiger partial charge in [0.2, 0.25) is 0 Å².